The van der Waals surface area contributed by atoms with Gasteiger partial charge in [0.1, 0.15) is 0 Å². The molecule has 0 spiro atoms. The summed E-state index contributed by atoms with van der Waals surface area (Å²) in [4.78, 5) is 2.29. The molecule has 0 atom stereocenters. The summed E-state index contributed by atoms with van der Waals surface area (Å²) in [5, 5.41) is 0.802. The summed E-state index contributed by atoms with van der Waals surface area (Å²) in [6.07, 6.45) is 2.51. The molecule has 1 heterocycles. The molecule has 70 valence electrons. The van der Waals surface area contributed by atoms with E-state index in [4.69, 9.17) is 17.3 Å². The Balaban J connectivity index is 2.32. The molecule has 1 aliphatic heterocycles. The van der Waals surface area contributed by atoms with Crippen molar-refractivity contribution in [3.05, 3.63) is 23.2 Å². The lowest BCUT2D eigenvalue weighted by molar-refractivity contribution is 0.949. The van der Waals surface area contributed by atoms with Crippen molar-refractivity contribution in [2.45, 2.75) is 12.8 Å². The molecule has 13 heavy (non-hydrogen) atoms. The summed E-state index contributed by atoms with van der Waals surface area (Å²) in [5.41, 5.74) is 7.58. The van der Waals surface area contributed by atoms with Gasteiger partial charge in [0.2, 0.25) is 0 Å². The van der Waals surface area contributed by atoms with Crippen molar-refractivity contribution in [3.63, 3.8) is 0 Å². The van der Waals surface area contributed by atoms with E-state index in [0.29, 0.717) is 0 Å². The molecule has 1 aromatic rings. The van der Waals surface area contributed by atoms with E-state index in [1.165, 1.54) is 12.8 Å². The highest BCUT2D eigenvalue weighted by molar-refractivity contribution is 6.33. The quantitative estimate of drug-likeness (QED) is 0.700. The largest absolute Gasteiger partial charge is 0.399 e. The van der Waals surface area contributed by atoms with E-state index in [1.807, 2.05) is 18.2 Å². The molecule has 0 bridgehead atoms. The molecule has 0 aromatic heterocycles. The van der Waals surface area contributed by atoms with Crippen LogP contribution in [0.4, 0.5) is 11.4 Å². The Hall–Kier alpha value is -0.890. The van der Waals surface area contributed by atoms with Crippen LogP contribution in [0.15, 0.2) is 18.2 Å². The van der Waals surface area contributed by atoms with Crippen LogP contribution in [-0.4, -0.2) is 13.1 Å². The minimum absolute atomic E-state index is 0.784. The molecule has 2 N–H and O–H groups in total. The van der Waals surface area contributed by atoms with E-state index in [-0.39, 0.29) is 0 Å². The molecular formula is C10H13ClN2. The van der Waals surface area contributed by atoms with Crippen LogP contribution in [0, 0.1) is 0 Å². The zero-order valence-electron chi connectivity index (χ0n) is 7.46. The van der Waals surface area contributed by atoms with Crippen molar-refractivity contribution in [3.8, 4) is 0 Å². The zero-order valence-corrected chi connectivity index (χ0v) is 8.22. The number of nitrogens with zero attached hydrogens (tertiary/aromatic N) is 1. The average Bonchev–Trinajstić information content (AvgIpc) is 2.61. The highest BCUT2D eigenvalue weighted by Crippen LogP contribution is 2.30. The lowest BCUT2D eigenvalue weighted by Crippen LogP contribution is -2.18. The van der Waals surface area contributed by atoms with E-state index in [9.17, 15) is 0 Å². The van der Waals surface area contributed by atoms with E-state index < -0.39 is 0 Å². The van der Waals surface area contributed by atoms with Gasteiger partial charge in [-0.1, -0.05) is 11.6 Å². The van der Waals surface area contributed by atoms with E-state index >= 15 is 0 Å². The first-order valence-electron chi connectivity index (χ1n) is 4.57. The van der Waals surface area contributed by atoms with Gasteiger partial charge in [-0.25, -0.2) is 0 Å². The third-order valence-corrected chi connectivity index (χ3v) is 2.74. The first-order chi connectivity index (χ1) is 6.27. The number of anilines is 2. The zero-order chi connectivity index (χ0) is 9.26. The fourth-order valence-electron chi connectivity index (χ4n) is 1.73. The summed E-state index contributed by atoms with van der Waals surface area (Å²) in [6.45, 7) is 2.20. The van der Waals surface area contributed by atoms with Crippen LogP contribution in [0.5, 0.6) is 0 Å². The molecule has 3 heteroatoms. The Labute approximate surface area is 83.3 Å². The van der Waals surface area contributed by atoms with Crippen LogP contribution < -0.4 is 10.6 Å². The van der Waals surface area contributed by atoms with Gasteiger partial charge in [0.25, 0.3) is 0 Å². The van der Waals surface area contributed by atoms with Gasteiger partial charge in [-0.2, -0.15) is 0 Å². The highest BCUT2D eigenvalue weighted by atomic mass is 35.5. The summed E-state index contributed by atoms with van der Waals surface area (Å²) >= 11 is 6.08. The molecule has 0 amide bonds. The van der Waals surface area contributed by atoms with Gasteiger partial charge in [-0.05, 0) is 31.0 Å². The van der Waals surface area contributed by atoms with Crippen molar-refractivity contribution < 1.29 is 0 Å². The van der Waals surface area contributed by atoms with E-state index in [1.54, 1.807) is 0 Å². The van der Waals surface area contributed by atoms with Gasteiger partial charge >= 0.3 is 0 Å². The minimum atomic E-state index is 0.784. The Morgan fingerprint density at radius 3 is 2.62 bits per heavy atom. The van der Waals surface area contributed by atoms with E-state index in [0.717, 1.165) is 29.5 Å². The van der Waals surface area contributed by atoms with Crippen LogP contribution in [0.25, 0.3) is 0 Å². The predicted octanol–water partition coefficient (Wildman–Crippen LogP) is 2.52. The van der Waals surface area contributed by atoms with Gasteiger partial charge in [-0.15, -0.1) is 0 Å². The summed E-state index contributed by atoms with van der Waals surface area (Å²) in [5.74, 6) is 0. The Morgan fingerprint density at radius 1 is 1.23 bits per heavy atom. The number of halogens is 1. The number of benzene rings is 1. The molecule has 1 saturated heterocycles. The molecule has 2 nitrogen and oxygen atoms in total. The van der Waals surface area contributed by atoms with Crippen molar-refractivity contribution in [2.24, 2.45) is 0 Å². The first-order valence-corrected chi connectivity index (χ1v) is 4.95. The van der Waals surface area contributed by atoms with Crippen molar-refractivity contribution in [1.29, 1.82) is 0 Å². The maximum absolute atomic E-state index is 6.08. The average molecular weight is 197 g/mol. The Bertz CT molecular complexity index is 306. The predicted molar refractivity (Wildman–Crippen MR) is 57.3 cm³/mol. The monoisotopic (exact) mass is 196 g/mol. The molecule has 1 aliphatic rings. The highest BCUT2D eigenvalue weighted by Gasteiger charge is 2.14. The number of nitrogen functional groups attached to an aromatic ring is 1. The topological polar surface area (TPSA) is 29.3 Å². The minimum Gasteiger partial charge on any atom is -0.399 e. The molecule has 2 rings (SSSR count). The molecule has 0 unspecified atom stereocenters. The summed E-state index contributed by atoms with van der Waals surface area (Å²) in [6, 6.07) is 5.65. The first kappa shape index (κ1) is 8.70. The summed E-state index contributed by atoms with van der Waals surface area (Å²) in [7, 11) is 0. The fourth-order valence-corrected chi connectivity index (χ4v) is 1.97. The molecular weight excluding hydrogens is 184 g/mol. The molecule has 1 aromatic carbocycles. The second-order valence-corrected chi connectivity index (χ2v) is 3.81. The van der Waals surface area contributed by atoms with Crippen molar-refractivity contribution in [1.82, 2.24) is 0 Å². The van der Waals surface area contributed by atoms with Crippen LogP contribution in [-0.2, 0) is 0 Å². The normalized spacial score (nSPS) is 16.5. The van der Waals surface area contributed by atoms with Crippen LogP contribution in [0.3, 0.4) is 0 Å². The molecule has 1 fully saturated rings. The number of rotatable bonds is 1. The SMILES string of the molecule is Nc1ccc(Cl)c(N2CCCC2)c1. The molecule has 0 saturated carbocycles. The van der Waals surface area contributed by atoms with Gasteiger partial charge < -0.3 is 10.6 Å². The molecule has 0 aliphatic carbocycles. The van der Waals surface area contributed by atoms with Crippen molar-refractivity contribution >= 4 is 23.0 Å². The standard InChI is InChI=1S/C10H13ClN2/c11-9-4-3-8(12)7-10(9)13-5-1-2-6-13/h3-4,7H,1-2,5-6,12H2. The van der Waals surface area contributed by atoms with Gasteiger partial charge in [0.05, 0.1) is 10.7 Å². The third kappa shape index (κ3) is 1.73. The second-order valence-electron chi connectivity index (χ2n) is 3.41. The summed E-state index contributed by atoms with van der Waals surface area (Å²) < 4.78 is 0. The Morgan fingerprint density at radius 2 is 1.92 bits per heavy atom. The smallest absolute Gasteiger partial charge is 0.0641 e. The van der Waals surface area contributed by atoms with Crippen LogP contribution in [0.2, 0.25) is 5.02 Å². The maximum Gasteiger partial charge on any atom is 0.0641 e. The van der Waals surface area contributed by atoms with Crippen molar-refractivity contribution in [2.75, 3.05) is 23.7 Å². The van der Waals surface area contributed by atoms with Gasteiger partial charge in [-0.3, -0.25) is 0 Å². The molecule has 0 radical (unpaired) electrons. The van der Waals surface area contributed by atoms with Gasteiger partial charge in [0, 0.05) is 18.8 Å². The number of hydrogen-bond acceptors (Lipinski definition) is 2. The second kappa shape index (κ2) is 3.46. The van der Waals surface area contributed by atoms with Crippen LogP contribution >= 0.6 is 11.6 Å². The number of nitrogens with two attached hydrogens (primary N) is 1. The van der Waals surface area contributed by atoms with Crippen LogP contribution in [0.1, 0.15) is 12.8 Å². The maximum atomic E-state index is 6.08. The van der Waals surface area contributed by atoms with E-state index in [2.05, 4.69) is 4.90 Å². The lowest BCUT2D eigenvalue weighted by atomic mass is 10.2. The lowest BCUT2D eigenvalue weighted by Gasteiger charge is -2.19. The number of hydrogen-bond donors (Lipinski definition) is 1. The fraction of sp³-hybridized carbons (Fsp3) is 0.400. The Kier molecular flexibility index (Phi) is 2.32. The van der Waals surface area contributed by atoms with Gasteiger partial charge in [0.15, 0.2) is 0 Å². The third-order valence-electron chi connectivity index (χ3n) is 2.42.